The predicted octanol–water partition coefficient (Wildman–Crippen LogP) is 1.80. The molecule has 1 unspecified atom stereocenters. The van der Waals surface area contributed by atoms with E-state index < -0.39 is 21.5 Å². The number of carbonyl (C=O) groups is 1. The summed E-state index contributed by atoms with van der Waals surface area (Å²) >= 11 is 7.53. The monoisotopic (exact) mass is 433 g/mol. The van der Waals surface area contributed by atoms with Crippen LogP contribution >= 0.6 is 43.2 Å². The summed E-state index contributed by atoms with van der Waals surface area (Å²) in [6.45, 7) is 0.0355. The topological polar surface area (TPSA) is 92.7 Å². The first-order valence-corrected chi connectivity index (χ1v) is 8.95. The van der Waals surface area contributed by atoms with Crippen molar-refractivity contribution in [2.75, 3.05) is 13.2 Å². The number of carboxylic acid groups (broad SMARTS) is 1. The van der Waals surface area contributed by atoms with Gasteiger partial charge in [-0.05, 0) is 37.9 Å². The van der Waals surface area contributed by atoms with Gasteiger partial charge in [0.1, 0.15) is 4.90 Å². The number of rotatable bonds is 4. The predicted molar refractivity (Wildman–Crippen MR) is 75.8 cm³/mol. The van der Waals surface area contributed by atoms with Crippen molar-refractivity contribution < 1.29 is 23.1 Å². The minimum Gasteiger partial charge on any atom is -0.480 e. The number of carboxylic acids is 1. The Balaban J connectivity index is 2.36. The number of thiophene rings is 1. The summed E-state index contributed by atoms with van der Waals surface area (Å²) in [5, 5.41) is 9.22. The van der Waals surface area contributed by atoms with Gasteiger partial charge in [0.25, 0.3) is 0 Å². The van der Waals surface area contributed by atoms with Crippen LogP contribution in [0.5, 0.6) is 0 Å². The molecule has 0 aromatic carbocycles. The Morgan fingerprint density at radius 3 is 2.63 bits per heavy atom. The summed E-state index contributed by atoms with van der Waals surface area (Å²) in [4.78, 5) is 11.3. The van der Waals surface area contributed by atoms with E-state index in [2.05, 4.69) is 36.6 Å². The molecule has 1 aliphatic heterocycles. The molecule has 0 saturated carbocycles. The molecule has 106 valence electrons. The number of ether oxygens (including phenoxy) is 1. The van der Waals surface area contributed by atoms with Gasteiger partial charge in [0.15, 0.2) is 5.54 Å². The van der Waals surface area contributed by atoms with Gasteiger partial charge in [0, 0.05) is 13.0 Å². The maximum atomic E-state index is 12.3. The zero-order valence-corrected chi connectivity index (χ0v) is 14.2. The molecular weight excluding hydrogens is 426 g/mol. The van der Waals surface area contributed by atoms with Crippen molar-refractivity contribution in [3.8, 4) is 0 Å². The highest BCUT2D eigenvalue weighted by Gasteiger charge is 2.46. The lowest BCUT2D eigenvalue weighted by Crippen LogP contribution is -2.54. The van der Waals surface area contributed by atoms with E-state index in [1.165, 1.54) is 17.4 Å². The van der Waals surface area contributed by atoms with Gasteiger partial charge >= 0.3 is 5.97 Å². The second kappa shape index (κ2) is 5.41. The molecule has 2 heterocycles. The van der Waals surface area contributed by atoms with Gasteiger partial charge in [0.2, 0.25) is 10.0 Å². The zero-order chi connectivity index (χ0) is 14.3. The average Bonchev–Trinajstić information content (AvgIpc) is 2.86. The van der Waals surface area contributed by atoms with Gasteiger partial charge in [-0.15, -0.1) is 11.3 Å². The molecule has 1 aliphatic rings. The van der Waals surface area contributed by atoms with Crippen LogP contribution in [-0.2, 0) is 19.6 Å². The maximum Gasteiger partial charge on any atom is 0.327 e. The van der Waals surface area contributed by atoms with Crippen molar-refractivity contribution in [2.24, 2.45) is 0 Å². The number of sulfonamides is 1. The second-order valence-electron chi connectivity index (χ2n) is 3.98. The fourth-order valence-electron chi connectivity index (χ4n) is 1.68. The Labute approximate surface area is 130 Å². The Morgan fingerprint density at radius 1 is 1.53 bits per heavy atom. The number of halogens is 2. The molecule has 6 nitrogen and oxygen atoms in total. The summed E-state index contributed by atoms with van der Waals surface area (Å²) in [6, 6.07) is 1.42. The molecule has 10 heteroatoms. The molecule has 1 saturated heterocycles. The third kappa shape index (κ3) is 3.03. The van der Waals surface area contributed by atoms with Crippen LogP contribution in [0.2, 0.25) is 0 Å². The normalized spacial score (nSPS) is 23.7. The van der Waals surface area contributed by atoms with Crippen LogP contribution in [0.25, 0.3) is 0 Å². The fourth-order valence-corrected chi connectivity index (χ4v) is 6.87. The van der Waals surface area contributed by atoms with Gasteiger partial charge in [-0.2, -0.15) is 4.72 Å². The Bertz CT molecular complexity index is 606. The zero-order valence-electron chi connectivity index (χ0n) is 9.35. The summed E-state index contributed by atoms with van der Waals surface area (Å²) < 4.78 is 32.8. The number of aliphatic carboxylic acids is 1. The first-order chi connectivity index (χ1) is 8.77. The molecule has 1 aromatic heterocycles. The molecule has 1 fully saturated rings. The molecule has 0 aliphatic carbocycles. The largest absolute Gasteiger partial charge is 0.480 e. The molecule has 1 atom stereocenters. The van der Waals surface area contributed by atoms with Crippen LogP contribution in [0.4, 0.5) is 0 Å². The van der Waals surface area contributed by atoms with Gasteiger partial charge in [0.05, 0.1) is 14.2 Å². The summed E-state index contributed by atoms with van der Waals surface area (Å²) in [7, 11) is -3.93. The number of hydrogen-bond donors (Lipinski definition) is 2. The van der Waals surface area contributed by atoms with E-state index in [-0.39, 0.29) is 24.5 Å². The van der Waals surface area contributed by atoms with E-state index in [0.717, 1.165) is 0 Å². The Morgan fingerprint density at radius 2 is 2.21 bits per heavy atom. The van der Waals surface area contributed by atoms with Crippen LogP contribution in [0, 0.1) is 0 Å². The van der Waals surface area contributed by atoms with E-state index in [1.54, 1.807) is 0 Å². The highest BCUT2D eigenvalue weighted by Crippen LogP contribution is 2.35. The van der Waals surface area contributed by atoms with Gasteiger partial charge in [-0.3, -0.25) is 4.79 Å². The maximum absolute atomic E-state index is 12.3. The Kier molecular flexibility index (Phi) is 4.38. The third-order valence-electron chi connectivity index (χ3n) is 2.68. The molecule has 2 N–H and O–H groups in total. The summed E-state index contributed by atoms with van der Waals surface area (Å²) in [5.41, 5.74) is -1.59. The first-order valence-electron chi connectivity index (χ1n) is 5.07. The highest BCUT2D eigenvalue weighted by molar-refractivity contribution is 9.12. The van der Waals surface area contributed by atoms with Crippen LogP contribution in [0.15, 0.2) is 18.5 Å². The Hall–Kier alpha value is -0.000000000000000298. The second-order valence-corrected chi connectivity index (χ2v) is 9.38. The quantitative estimate of drug-likeness (QED) is 0.753. The number of nitrogens with one attached hydrogen (secondary N) is 1. The van der Waals surface area contributed by atoms with Crippen molar-refractivity contribution in [2.45, 2.75) is 16.9 Å². The molecular formula is C9H9Br2NO5S2. The van der Waals surface area contributed by atoms with Crippen molar-refractivity contribution in [1.82, 2.24) is 4.72 Å². The van der Waals surface area contributed by atoms with Crippen LogP contribution in [0.3, 0.4) is 0 Å². The van der Waals surface area contributed by atoms with E-state index in [4.69, 9.17) is 4.74 Å². The number of hydrogen-bond acceptors (Lipinski definition) is 5. The molecule has 0 spiro atoms. The first kappa shape index (κ1) is 15.4. The summed E-state index contributed by atoms with van der Waals surface area (Å²) in [5.74, 6) is -1.24. The lowest BCUT2D eigenvalue weighted by molar-refractivity contribution is -0.144. The van der Waals surface area contributed by atoms with E-state index in [9.17, 15) is 18.3 Å². The SMILES string of the molecule is O=C(O)C1(NS(=O)(=O)c2cc(Br)sc2Br)CCOC1. The smallest absolute Gasteiger partial charge is 0.327 e. The third-order valence-corrected chi connectivity index (χ3v) is 6.97. The minimum absolute atomic E-state index is 0.0110. The molecule has 1 aromatic rings. The van der Waals surface area contributed by atoms with Crippen molar-refractivity contribution in [3.05, 3.63) is 13.6 Å². The van der Waals surface area contributed by atoms with Crippen molar-refractivity contribution >= 4 is 59.2 Å². The standard InChI is InChI=1S/C9H9Br2NO5S2/c10-6-3-5(7(11)18-6)19(15,16)12-9(8(13)14)1-2-17-4-9/h3,12H,1-2,4H2,(H,13,14). The molecule has 0 radical (unpaired) electrons. The van der Waals surface area contributed by atoms with Crippen LogP contribution in [-0.4, -0.2) is 38.2 Å². The lowest BCUT2D eigenvalue weighted by Gasteiger charge is -2.23. The van der Waals surface area contributed by atoms with Crippen LogP contribution in [0.1, 0.15) is 6.42 Å². The molecule has 0 bridgehead atoms. The van der Waals surface area contributed by atoms with E-state index >= 15 is 0 Å². The van der Waals surface area contributed by atoms with E-state index in [0.29, 0.717) is 7.57 Å². The van der Waals surface area contributed by atoms with E-state index in [1.807, 2.05) is 0 Å². The fraction of sp³-hybridized carbons (Fsp3) is 0.444. The van der Waals surface area contributed by atoms with Gasteiger partial charge < -0.3 is 9.84 Å². The minimum atomic E-state index is -3.93. The van der Waals surface area contributed by atoms with Gasteiger partial charge in [-0.1, -0.05) is 0 Å². The van der Waals surface area contributed by atoms with Crippen molar-refractivity contribution in [3.63, 3.8) is 0 Å². The lowest BCUT2D eigenvalue weighted by atomic mass is 10.0. The summed E-state index contributed by atoms with van der Waals surface area (Å²) in [6.07, 6.45) is 0.102. The molecule has 19 heavy (non-hydrogen) atoms. The molecule has 2 rings (SSSR count). The average molecular weight is 435 g/mol. The van der Waals surface area contributed by atoms with Gasteiger partial charge in [-0.25, -0.2) is 8.42 Å². The highest BCUT2D eigenvalue weighted by atomic mass is 79.9. The molecule has 0 amide bonds. The van der Waals surface area contributed by atoms with Crippen LogP contribution < -0.4 is 4.72 Å². The van der Waals surface area contributed by atoms with Crippen molar-refractivity contribution in [1.29, 1.82) is 0 Å².